The normalized spacial score (nSPS) is 13.4. The average molecular weight is 631 g/mol. The number of aliphatic hydroxyl groups is 1. The maximum Gasteiger partial charge on any atom is 0.416 e. The summed E-state index contributed by atoms with van der Waals surface area (Å²) >= 11 is 3.10. The number of imidazole rings is 1. The van der Waals surface area contributed by atoms with Crippen molar-refractivity contribution in [2.45, 2.75) is 63.7 Å². The summed E-state index contributed by atoms with van der Waals surface area (Å²) in [7, 11) is -3.41. The summed E-state index contributed by atoms with van der Waals surface area (Å²) in [5.74, 6) is -0.251. The monoisotopic (exact) mass is 629 g/mol. The summed E-state index contributed by atoms with van der Waals surface area (Å²) in [6, 6.07) is 8.95. The van der Waals surface area contributed by atoms with E-state index in [4.69, 9.17) is 0 Å². The largest absolute Gasteiger partial charge is 0.416 e. The van der Waals surface area contributed by atoms with Gasteiger partial charge in [-0.2, -0.15) is 13.2 Å². The van der Waals surface area contributed by atoms with Crippen molar-refractivity contribution in [1.82, 2.24) is 14.9 Å². The first kappa shape index (κ1) is 30.8. The van der Waals surface area contributed by atoms with E-state index in [1.807, 2.05) is 20.8 Å². The maximum absolute atomic E-state index is 13.8. The zero-order valence-corrected chi connectivity index (χ0v) is 24.6. The zero-order valence-electron chi connectivity index (χ0n) is 22.2. The number of carbonyl (C=O) groups is 1. The van der Waals surface area contributed by atoms with Crippen LogP contribution in [0.1, 0.15) is 72.4 Å². The third kappa shape index (κ3) is 6.90. The molecule has 7 nitrogen and oxygen atoms in total. The number of hydrogen-bond acceptors (Lipinski definition) is 5. The van der Waals surface area contributed by atoms with Crippen molar-refractivity contribution in [3.05, 3.63) is 80.8 Å². The Morgan fingerprint density at radius 3 is 2.26 bits per heavy atom. The summed E-state index contributed by atoms with van der Waals surface area (Å²) in [6.45, 7) is 8.07. The molecule has 1 heterocycles. The molecule has 0 saturated heterocycles. The van der Waals surface area contributed by atoms with E-state index in [1.54, 1.807) is 11.5 Å². The Balaban J connectivity index is 1.98. The van der Waals surface area contributed by atoms with Crippen molar-refractivity contribution in [1.29, 1.82) is 0 Å². The Hall–Kier alpha value is -2.70. The van der Waals surface area contributed by atoms with Crippen LogP contribution in [0, 0.1) is 6.92 Å². The fourth-order valence-corrected chi connectivity index (χ4v) is 5.42. The van der Waals surface area contributed by atoms with Gasteiger partial charge in [-0.25, -0.2) is 13.4 Å². The Morgan fingerprint density at radius 2 is 1.74 bits per heavy atom. The van der Waals surface area contributed by atoms with E-state index < -0.39 is 45.5 Å². The number of halogens is 4. The molecule has 0 fully saturated rings. The van der Waals surface area contributed by atoms with Gasteiger partial charge in [0.1, 0.15) is 11.5 Å². The van der Waals surface area contributed by atoms with Crippen molar-refractivity contribution in [3.63, 3.8) is 0 Å². The van der Waals surface area contributed by atoms with Crippen molar-refractivity contribution in [2.75, 3.05) is 12.4 Å². The number of alkyl halides is 3. The number of aliphatic hydroxyl groups excluding tert-OH is 1. The summed E-state index contributed by atoms with van der Waals surface area (Å²) in [4.78, 5) is 18.0. The van der Waals surface area contributed by atoms with Crippen LogP contribution < -0.4 is 5.32 Å². The number of benzene rings is 2. The first-order valence-electron chi connectivity index (χ1n) is 12.2. The van der Waals surface area contributed by atoms with Crippen molar-refractivity contribution < 1.29 is 31.5 Å². The standard InChI is InChI=1S/C27H31BrF3N3O4S/c1-6-39(37,38)20-11-8-17(9-12-20)22(15-35)32-24(36)23-16(2)34(25(33-23)26(3,4)5)14-18-7-10-19(28)13-21(18)27(29,30)31/h7-13,22,35H,6,14-15H2,1-5H3,(H,32,36)/t22-/m1/s1. The quantitative estimate of drug-likeness (QED) is 0.339. The first-order chi connectivity index (χ1) is 18.0. The number of hydrogen-bond donors (Lipinski definition) is 2. The van der Waals surface area contributed by atoms with Crippen molar-refractivity contribution in [2.24, 2.45) is 0 Å². The van der Waals surface area contributed by atoms with E-state index in [2.05, 4.69) is 26.2 Å². The predicted molar refractivity (Wildman–Crippen MR) is 145 cm³/mol. The molecule has 0 radical (unpaired) electrons. The SMILES string of the molecule is CCS(=O)(=O)c1ccc([C@@H](CO)NC(=O)c2nc(C(C)(C)C)n(Cc3ccc(Br)cc3C(F)(F)F)c2C)cc1. The van der Waals surface area contributed by atoms with Crippen LogP contribution in [0.25, 0.3) is 0 Å². The topological polar surface area (TPSA) is 101 Å². The average Bonchev–Trinajstić information content (AvgIpc) is 3.19. The highest BCUT2D eigenvalue weighted by Gasteiger charge is 2.35. The van der Waals surface area contributed by atoms with Crippen molar-refractivity contribution in [3.8, 4) is 0 Å². The van der Waals surface area contributed by atoms with Gasteiger partial charge >= 0.3 is 6.18 Å². The van der Waals surface area contributed by atoms with Gasteiger partial charge < -0.3 is 15.0 Å². The second-order valence-electron chi connectivity index (χ2n) is 10.2. The molecule has 0 bridgehead atoms. The van der Waals surface area contributed by atoms with Gasteiger partial charge in [-0.3, -0.25) is 4.79 Å². The summed E-state index contributed by atoms with van der Waals surface area (Å²) in [6.07, 6.45) is -4.57. The van der Waals surface area contributed by atoms with Gasteiger partial charge in [0.25, 0.3) is 5.91 Å². The molecule has 2 N–H and O–H groups in total. The van der Waals surface area contributed by atoms with Gasteiger partial charge in [-0.1, -0.05) is 61.8 Å². The van der Waals surface area contributed by atoms with Crippen LogP contribution in [0.5, 0.6) is 0 Å². The van der Waals surface area contributed by atoms with Crippen molar-refractivity contribution >= 4 is 31.7 Å². The molecule has 12 heteroatoms. The van der Waals surface area contributed by atoms with Crippen LogP contribution in [0.2, 0.25) is 0 Å². The van der Waals surface area contributed by atoms with Crippen LogP contribution in [0.15, 0.2) is 51.8 Å². The fourth-order valence-electron chi connectivity index (χ4n) is 4.17. The summed E-state index contributed by atoms with van der Waals surface area (Å²) in [5.41, 5.74) is -0.486. The molecule has 1 amide bonds. The van der Waals surface area contributed by atoms with Crippen LogP contribution in [-0.2, 0) is 28.0 Å². The number of carbonyl (C=O) groups excluding carboxylic acids is 1. The number of sulfone groups is 1. The molecule has 0 saturated carbocycles. The summed E-state index contributed by atoms with van der Waals surface area (Å²) < 4.78 is 67.5. The fraction of sp³-hybridized carbons (Fsp3) is 0.407. The molecule has 39 heavy (non-hydrogen) atoms. The smallest absolute Gasteiger partial charge is 0.394 e. The van der Waals surface area contributed by atoms with Gasteiger partial charge in [0.05, 0.1) is 28.9 Å². The third-order valence-corrected chi connectivity index (χ3v) is 8.57. The van der Waals surface area contributed by atoms with Crippen LogP contribution in [0.4, 0.5) is 13.2 Å². The molecule has 3 rings (SSSR count). The number of amides is 1. The van der Waals surface area contributed by atoms with E-state index in [9.17, 15) is 31.5 Å². The van der Waals surface area contributed by atoms with Gasteiger partial charge in [0.2, 0.25) is 0 Å². The van der Waals surface area contributed by atoms with Crippen LogP contribution in [-0.4, -0.2) is 41.3 Å². The minimum Gasteiger partial charge on any atom is -0.394 e. The Labute approximate surface area is 234 Å². The van der Waals surface area contributed by atoms with Gasteiger partial charge in [-0.15, -0.1) is 0 Å². The van der Waals surface area contributed by atoms with E-state index in [0.717, 1.165) is 6.07 Å². The lowest BCUT2D eigenvalue weighted by Gasteiger charge is -2.22. The Bertz CT molecular complexity index is 1460. The second kappa shape index (κ2) is 11.4. The Morgan fingerprint density at radius 1 is 1.13 bits per heavy atom. The third-order valence-electron chi connectivity index (χ3n) is 6.32. The molecule has 1 aromatic heterocycles. The molecule has 0 unspecified atom stereocenters. The molecule has 2 aromatic carbocycles. The van der Waals surface area contributed by atoms with E-state index in [0.29, 0.717) is 21.6 Å². The molecule has 212 valence electrons. The molecular formula is C27H31BrF3N3O4S. The van der Waals surface area contributed by atoms with Gasteiger partial charge in [0, 0.05) is 22.1 Å². The number of aromatic nitrogens is 2. The molecule has 1 atom stereocenters. The molecule has 3 aromatic rings. The maximum atomic E-state index is 13.8. The second-order valence-corrected chi connectivity index (χ2v) is 13.4. The lowest BCUT2D eigenvalue weighted by atomic mass is 9.95. The number of rotatable bonds is 8. The minimum atomic E-state index is -4.57. The molecular weight excluding hydrogens is 599 g/mol. The molecule has 0 aliphatic heterocycles. The summed E-state index contributed by atoms with van der Waals surface area (Å²) in [5, 5.41) is 12.7. The number of nitrogens with zero attached hydrogens (tertiary/aromatic N) is 2. The van der Waals surface area contributed by atoms with E-state index in [1.165, 1.54) is 43.3 Å². The lowest BCUT2D eigenvalue weighted by molar-refractivity contribution is -0.138. The number of nitrogens with one attached hydrogen (secondary N) is 1. The van der Waals surface area contributed by atoms with E-state index >= 15 is 0 Å². The lowest BCUT2D eigenvalue weighted by Crippen LogP contribution is -2.31. The highest BCUT2D eigenvalue weighted by atomic mass is 79.9. The predicted octanol–water partition coefficient (Wildman–Crippen LogP) is 5.58. The molecule has 0 spiro atoms. The zero-order chi connectivity index (χ0) is 29.3. The Kier molecular flexibility index (Phi) is 9.03. The molecule has 0 aliphatic carbocycles. The first-order valence-corrected chi connectivity index (χ1v) is 14.6. The van der Waals surface area contributed by atoms with E-state index in [-0.39, 0.29) is 28.5 Å². The molecule has 0 aliphatic rings. The van der Waals surface area contributed by atoms with Gasteiger partial charge in [0.15, 0.2) is 9.84 Å². The van der Waals surface area contributed by atoms with Gasteiger partial charge in [-0.05, 0) is 42.3 Å². The highest BCUT2D eigenvalue weighted by molar-refractivity contribution is 9.10. The highest BCUT2D eigenvalue weighted by Crippen LogP contribution is 2.35. The van der Waals surface area contributed by atoms with Crippen LogP contribution >= 0.6 is 15.9 Å². The minimum absolute atomic E-state index is 0.0224. The van der Waals surface area contributed by atoms with Crippen LogP contribution in [0.3, 0.4) is 0 Å².